The monoisotopic (exact) mass is 418 g/mol. The molecule has 152 valence electrons. The summed E-state index contributed by atoms with van der Waals surface area (Å²) in [6.45, 7) is 3.44. The molecule has 4 rings (SSSR count). The molecular weight excluding hydrogens is 396 g/mol. The first-order valence-corrected chi connectivity index (χ1v) is 10.1. The number of fused-ring (bicyclic) bond motifs is 1. The van der Waals surface area contributed by atoms with Crippen molar-refractivity contribution in [3.63, 3.8) is 0 Å². The second-order valence-electron chi connectivity index (χ2n) is 7.31. The van der Waals surface area contributed by atoms with Crippen molar-refractivity contribution in [1.82, 2.24) is 5.32 Å². The minimum Gasteiger partial charge on any atom is -0.399 e. The van der Waals surface area contributed by atoms with Gasteiger partial charge in [-0.3, -0.25) is 4.79 Å². The highest BCUT2D eigenvalue weighted by atomic mass is 35.5. The molecule has 5 nitrogen and oxygen atoms in total. The van der Waals surface area contributed by atoms with Crippen LogP contribution in [0.3, 0.4) is 0 Å². The number of anilines is 3. The fraction of sp³-hybridized carbons (Fsp3) is 0.125. The van der Waals surface area contributed by atoms with Crippen LogP contribution < -0.4 is 21.7 Å². The average Bonchev–Trinajstić information content (AvgIpc) is 3.06. The molecule has 5 N–H and O–H groups in total. The summed E-state index contributed by atoms with van der Waals surface area (Å²) in [4.78, 5) is 12.4. The fourth-order valence-electron chi connectivity index (χ4n) is 3.50. The van der Waals surface area contributed by atoms with E-state index in [1.165, 1.54) is 11.1 Å². The maximum atomic E-state index is 12.4. The molecular formula is C24H23ClN4O. The lowest BCUT2D eigenvalue weighted by Gasteiger charge is -2.11. The summed E-state index contributed by atoms with van der Waals surface area (Å²) < 4.78 is 0. The predicted molar refractivity (Wildman–Crippen MR) is 124 cm³/mol. The number of carbonyl (C=O) groups is 1. The summed E-state index contributed by atoms with van der Waals surface area (Å²) in [7, 11) is 0. The third-order valence-corrected chi connectivity index (χ3v) is 5.27. The molecule has 0 atom stereocenters. The van der Waals surface area contributed by atoms with E-state index < -0.39 is 0 Å². The maximum Gasteiger partial charge on any atom is 0.258 e. The van der Waals surface area contributed by atoms with Gasteiger partial charge in [0.15, 0.2) is 0 Å². The van der Waals surface area contributed by atoms with Gasteiger partial charge in [0, 0.05) is 46.4 Å². The quantitative estimate of drug-likeness (QED) is 0.335. The highest BCUT2D eigenvalue weighted by Gasteiger charge is 2.26. The zero-order chi connectivity index (χ0) is 21.1. The minimum absolute atomic E-state index is 0.122. The Bertz CT molecular complexity index is 1110. The van der Waals surface area contributed by atoms with Crippen LogP contribution in [0.4, 0.5) is 17.1 Å². The van der Waals surface area contributed by atoms with E-state index in [-0.39, 0.29) is 5.91 Å². The number of nitrogens with one attached hydrogen (secondary N) is 3. The normalized spacial score (nSPS) is 14.3. The molecule has 1 aliphatic rings. The first kappa shape index (κ1) is 20.0. The van der Waals surface area contributed by atoms with E-state index in [2.05, 4.69) is 28.1 Å². The van der Waals surface area contributed by atoms with Crippen molar-refractivity contribution in [1.29, 1.82) is 0 Å². The summed E-state index contributed by atoms with van der Waals surface area (Å²) in [5.74, 6) is -0.122. The topological polar surface area (TPSA) is 79.2 Å². The van der Waals surface area contributed by atoms with Gasteiger partial charge in [-0.05, 0) is 60.5 Å². The second-order valence-corrected chi connectivity index (χ2v) is 7.75. The smallest absolute Gasteiger partial charge is 0.258 e. The van der Waals surface area contributed by atoms with Gasteiger partial charge in [-0.25, -0.2) is 0 Å². The molecule has 6 heteroatoms. The maximum absolute atomic E-state index is 12.4. The Kier molecular flexibility index (Phi) is 5.74. The van der Waals surface area contributed by atoms with Gasteiger partial charge in [0.1, 0.15) is 0 Å². The van der Waals surface area contributed by atoms with Crippen molar-refractivity contribution in [2.75, 3.05) is 16.4 Å². The van der Waals surface area contributed by atoms with Gasteiger partial charge in [0.25, 0.3) is 5.91 Å². The Balaban J connectivity index is 1.40. The van der Waals surface area contributed by atoms with Crippen LogP contribution in [-0.2, 0) is 17.9 Å². The first-order valence-electron chi connectivity index (χ1n) is 9.73. The van der Waals surface area contributed by atoms with Crippen molar-refractivity contribution < 1.29 is 4.79 Å². The van der Waals surface area contributed by atoms with Crippen LogP contribution in [0.15, 0.2) is 72.4 Å². The molecule has 0 radical (unpaired) electrons. The van der Waals surface area contributed by atoms with E-state index in [1.807, 2.05) is 55.5 Å². The molecule has 1 aliphatic heterocycles. The first-order chi connectivity index (χ1) is 14.5. The van der Waals surface area contributed by atoms with Crippen LogP contribution in [0.1, 0.15) is 23.6 Å². The van der Waals surface area contributed by atoms with Crippen molar-refractivity contribution in [3.05, 3.63) is 94.1 Å². The summed E-state index contributed by atoms with van der Waals surface area (Å²) in [6, 6.07) is 21.4. The van der Waals surface area contributed by atoms with E-state index in [1.54, 1.807) is 6.07 Å². The van der Waals surface area contributed by atoms with E-state index in [4.69, 9.17) is 17.3 Å². The van der Waals surface area contributed by atoms with Crippen LogP contribution in [0.2, 0.25) is 5.02 Å². The van der Waals surface area contributed by atoms with E-state index in [9.17, 15) is 4.79 Å². The Morgan fingerprint density at radius 3 is 2.27 bits per heavy atom. The minimum atomic E-state index is -0.122. The van der Waals surface area contributed by atoms with Gasteiger partial charge in [0.2, 0.25) is 0 Å². The lowest BCUT2D eigenvalue weighted by atomic mass is 10.0. The fourth-order valence-corrected chi connectivity index (χ4v) is 3.62. The average molecular weight is 419 g/mol. The largest absolute Gasteiger partial charge is 0.399 e. The van der Waals surface area contributed by atoms with E-state index in [0.29, 0.717) is 11.3 Å². The highest BCUT2D eigenvalue weighted by molar-refractivity contribution is 6.32. The molecule has 0 saturated carbocycles. The Morgan fingerprint density at radius 1 is 0.967 bits per heavy atom. The van der Waals surface area contributed by atoms with E-state index >= 15 is 0 Å². The Labute approximate surface area is 180 Å². The van der Waals surface area contributed by atoms with Gasteiger partial charge in [-0.2, -0.15) is 0 Å². The standard InChI is InChI=1S/C24H23ClN4O/c1-15(23-21-12-19(26)8-11-22(21)29-24(23)30)28-20-9-4-17(5-10-20)14-27-13-16-2-6-18(25)7-3-16/h2-12,27-28H,13-14,26H2,1H3,(H,29,30). The molecule has 0 saturated heterocycles. The van der Waals surface area contributed by atoms with Gasteiger partial charge in [0.05, 0.1) is 5.57 Å². The number of amides is 1. The molecule has 3 aromatic carbocycles. The zero-order valence-corrected chi connectivity index (χ0v) is 17.4. The number of halogens is 1. The molecule has 0 aromatic heterocycles. The number of hydrogen-bond acceptors (Lipinski definition) is 4. The van der Waals surface area contributed by atoms with Gasteiger partial charge in [-0.1, -0.05) is 35.9 Å². The molecule has 0 bridgehead atoms. The van der Waals surface area contributed by atoms with Crippen LogP contribution in [0, 0.1) is 0 Å². The Hall–Kier alpha value is -3.28. The summed E-state index contributed by atoms with van der Waals surface area (Å²) >= 11 is 5.92. The molecule has 0 spiro atoms. The van der Waals surface area contributed by atoms with Gasteiger partial charge < -0.3 is 21.7 Å². The van der Waals surface area contributed by atoms with Crippen LogP contribution in [-0.4, -0.2) is 5.91 Å². The summed E-state index contributed by atoms with van der Waals surface area (Å²) in [5, 5.41) is 10.4. The lowest BCUT2D eigenvalue weighted by molar-refractivity contribution is -0.110. The van der Waals surface area contributed by atoms with Crippen molar-refractivity contribution >= 4 is 40.1 Å². The second kappa shape index (κ2) is 8.61. The lowest BCUT2D eigenvalue weighted by Crippen LogP contribution is -2.12. The molecule has 1 amide bonds. The molecule has 0 unspecified atom stereocenters. The molecule has 0 aliphatic carbocycles. The van der Waals surface area contributed by atoms with E-state index in [0.717, 1.165) is 40.7 Å². The molecule has 30 heavy (non-hydrogen) atoms. The van der Waals surface area contributed by atoms with Crippen molar-refractivity contribution in [2.45, 2.75) is 20.0 Å². The molecule has 3 aromatic rings. The molecule has 1 heterocycles. The SMILES string of the molecule is CC(Nc1ccc(CNCc2ccc(Cl)cc2)cc1)=C1C(=O)Nc2ccc(N)cc21. The van der Waals surface area contributed by atoms with Gasteiger partial charge >= 0.3 is 0 Å². The third-order valence-electron chi connectivity index (χ3n) is 5.02. The summed E-state index contributed by atoms with van der Waals surface area (Å²) in [5.41, 5.74) is 12.8. The highest BCUT2D eigenvalue weighted by Crippen LogP contribution is 2.35. The van der Waals surface area contributed by atoms with Crippen LogP contribution >= 0.6 is 11.6 Å². The zero-order valence-electron chi connectivity index (χ0n) is 16.6. The number of nitrogen functional groups attached to an aromatic ring is 1. The molecule has 0 fully saturated rings. The summed E-state index contributed by atoms with van der Waals surface area (Å²) in [6.07, 6.45) is 0. The predicted octanol–water partition coefficient (Wildman–Crippen LogP) is 5.01. The van der Waals surface area contributed by atoms with Crippen molar-refractivity contribution in [3.8, 4) is 0 Å². The number of rotatable bonds is 6. The number of benzene rings is 3. The Morgan fingerprint density at radius 2 is 1.60 bits per heavy atom. The van der Waals surface area contributed by atoms with Crippen LogP contribution in [0.5, 0.6) is 0 Å². The third kappa shape index (κ3) is 4.48. The number of carbonyl (C=O) groups excluding carboxylic acids is 1. The van der Waals surface area contributed by atoms with Crippen molar-refractivity contribution in [2.24, 2.45) is 0 Å². The van der Waals surface area contributed by atoms with Gasteiger partial charge in [-0.15, -0.1) is 0 Å². The van der Waals surface area contributed by atoms with Crippen LogP contribution in [0.25, 0.3) is 5.57 Å². The number of allylic oxidation sites excluding steroid dienone is 1. The number of nitrogens with two attached hydrogens (primary N) is 1. The number of hydrogen-bond donors (Lipinski definition) is 4.